The summed E-state index contributed by atoms with van der Waals surface area (Å²) in [7, 11) is 0. The summed E-state index contributed by atoms with van der Waals surface area (Å²) in [5.74, 6) is -0.340. The van der Waals surface area contributed by atoms with Crippen LogP contribution in [0.25, 0.3) is 0 Å². The molecule has 19 heavy (non-hydrogen) atoms. The Morgan fingerprint density at radius 3 is 2.79 bits per heavy atom. The van der Waals surface area contributed by atoms with Crippen LogP contribution in [0.5, 0.6) is 0 Å². The number of carboxylic acid groups (broad SMARTS) is 1. The number of H-pyrrole nitrogens is 1. The van der Waals surface area contributed by atoms with Crippen LogP contribution in [-0.2, 0) is 13.1 Å². The van der Waals surface area contributed by atoms with Gasteiger partial charge in [-0.3, -0.25) is 4.79 Å². The number of carbonyl (C=O) groups is 1. The predicted octanol–water partition coefficient (Wildman–Crippen LogP) is 0.988. The van der Waals surface area contributed by atoms with Gasteiger partial charge in [0.15, 0.2) is 0 Å². The van der Waals surface area contributed by atoms with E-state index < -0.39 is 5.97 Å². The van der Waals surface area contributed by atoms with E-state index in [1.54, 1.807) is 12.1 Å². The number of anilines is 1. The van der Waals surface area contributed by atoms with E-state index >= 15 is 0 Å². The second kappa shape index (κ2) is 4.24. The summed E-state index contributed by atoms with van der Waals surface area (Å²) in [5.41, 5.74) is 2.10. The van der Waals surface area contributed by atoms with Gasteiger partial charge in [0.2, 0.25) is 0 Å². The summed E-state index contributed by atoms with van der Waals surface area (Å²) in [4.78, 5) is 30.7. The Balaban J connectivity index is 1.92. The molecule has 0 saturated heterocycles. The van der Waals surface area contributed by atoms with Gasteiger partial charge < -0.3 is 15.0 Å². The van der Waals surface area contributed by atoms with Crippen LogP contribution in [0, 0.1) is 0 Å². The third kappa shape index (κ3) is 2.08. The highest BCUT2D eigenvalue weighted by atomic mass is 16.4. The summed E-state index contributed by atoms with van der Waals surface area (Å²) in [5, 5.41) is 8.96. The lowest BCUT2D eigenvalue weighted by molar-refractivity contribution is 0.0697. The molecule has 0 saturated carbocycles. The van der Waals surface area contributed by atoms with Crippen LogP contribution in [0.2, 0.25) is 0 Å². The maximum atomic E-state index is 11.3. The summed E-state index contributed by atoms with van der Waals surface area (Å²) in [6, 6.07) is 6.51. The van der Waals surface area contributed by atoms with E-state index in [2.05, 4.69) is 9.97 Å². The Bertz CT molecular complexity index is 708. The summed E-state index contributed by atoms with van der Waals surface area (Å²) >= 11 is 0. The van der Waals surface area contributed by atoms with Gasteiger partial charge in [-0.25, -0.2) is 9.78 Å². The van der Waals surface area contributed by atoms with Crippen LogP contribution in [0.1, 0.15) is 21.5 Å². The first-order valence-electron chi connectivity index (χ1n) is 5.78. The molecule has 0 amide bonds. The summed E-state index contributed by atoms with van der Waals surface area (Å²) in [6.07, 6.45) is 1.36. The number of rotatable bonds is 2. The maximum absolute atomic E-state index is 11.3. The number of aromatic carboxylic acids is 1. The van der Waals surface area contributed by atoms with Gasteiger partial charge in [-0.1, -0.05) is 6.07 Å². The molecular formula is C13H11N3O3. The molecule has 1 aliphatic heterocycles. The summed E-state index contributed by atoms with van der Waals surface area (Å²) < 4.78 is 0. The number of carboxylic acids is 1. The van der Waals surface area contributed by atoms with Crippen molar-refractivity contribution < 1.29 is 9.90 Å². The number of hydrogen-bond donors (Lipinski definition) is 2. The van der Waals surface area contributed by atoms with Gasteiger partial charge in [-0.2, -0.15) is 0 Å². The Hall–Kier alpha value is -2.63. The number of hydrogen-bond acceptors (Lipinski definition) is 4. The largest absolute Gasteiger partial charge is 0.478 e. The van der Waals surface area contributed by atoms with Crippen LogP contribution in [0.4, 0.5) is 5.82 Å². The van der Waals surface area contributed by atoms with Crippen molar-refractivity contribution in [2.24, 2.45) is 0 Å². The van der Waals surface area contributed by atoms with E-state index in [4.69, 9.17) is 5.11 Å². The van der Waals surface area contributed by atoms with E-state index in [0.717, 1.165) is 11.1 Å². The number of nitrogens with one attached hydrogen (secondary N) is 1. The van der Waals surface area contributed by atoms with Crippen LogP contribution < -0.4 is 10.5 Å². The van der Waals surface area contributed by atoms with Crippen molar-refractivity contribution >= 4 is 11.8 Å². The molecule has 0 unspecified atom stereocenters. The molecule has 96 valence electrons. The highest BCUT2D eigenvalue weighted by molar-refractivity contribution is 5.88. The molecule has 6 nitrogen and oxygen atoms in total. The quantitative estimate of drug-likeness (QED) is 0.837. The highest BCUT2D eigenvalue weighted by Gasteiger charge is 2.21. The molecule has 3 rings (SSSR count). The fraction of sp³-hybridized carbons (Fsp3) is 0.154. The van der Waals surface area contributed by atoms with Gasteiger partial charge >= 0.3 is 5.97 Å². The second-order valence-electron chi connectivity index (χ2n) is 4.41. The molecule has 0 radical (unpaired) electrons. The van der Waals surface area contributed by atoms with Crippen molar-refractivity contribution in [3.05, 3.63) is 57.6 Å². The minimum atomic E-state index is -0.935. The minimum Gasteiger partial charge on any atom is -0.478 e. The van der Waals surface area contributed by atoms with Crippen LogP contribution in [0.3, 0.4) is 0 Å². The van der Waals surface area contributed by atoms with E-state index in [1.807, 2.05) is 11.0 Å². The summed E-state index contributed by atoms with van der Waals surface area (Å²) in [6.45, 7) is 1.19. The van der Waals surface area contributed by atoms with Crippen molar-refractivity contribution in [3.8, 4) is 0 Å². The molecule has 1 aromatic heterocycles. The maximum Gasteiger partial charge on any atom is 0.335 e. The fourth-order valence-corrected chi connectivity index (χ4v) is 2.22. The van der Waals surface area contributed by atoms with E-state index in [9.17, 15) is 9.59 Å². The molecule has 2 heterocycles. The van der Waals surface area contributed by atoms with Gasteiger partial charge in [0.05, 0.1) is 11.9 Å². The van der Waals surface area contributed by atoms with Crippen molar-refractivity contribution in [2.45, 2.75) is 13.1 Å². The topological polar surface area (TPSA) is 86.3 Å². The molecule has 1 aromatic carbocycles. The van der Waals surface area contributed by atoms with Gasteiger partial charge in [0.1, 0.15) is 5.82 Å². The zero-order chi connectivity index (χ0) is 13.4. The Kier molecular flexibility index (Phi) is 2.56. The van der Waals surface area contributed by atoms with E-state index in [0.29, 0.717) is 18.9 Å². The van der Waals surface area contributed by atoms with Crippen molar-refractivity contribution in [3.63, 3.8) is 0 Å². The van der Waals surface area contributed by atoms with Crippen LogP contribution >= 0.6 is 0 Å². The molecule has 2 N–H and O–H groups in total. The molecule has 6 heteroatoms. The number of nitrogens with zero attached hydrogens (tertiary/aromatic N) is 2. The van der Waals surface area contributed by atoms with Gasteiger partial charge in [-0.15, -0.1) is 0 Å². The normalized spacial score (nSPS) is 13.4. The fourth-order valence-electron chi connectivity index (χ4n) is 2.22. The molecule has 0 bridgehead atoms. The smallest absolute Gasteiger partial charge is 0.335 e. The van der Waals surface area contributed by atoms with Crippen LogP contribution in [0.15, 0.2) is 35.4 Å². The molecule has 0 spiro atoms. The average molecular weight is 257 g/mol. The highest BCUT2D eigenvalue weighted by Crippen LogP contribution is 2.26. The second-order valence-corrected chi connectivity index (χ2v) is 4.41. The first-order chi connectivity index (χ1) is 9.13. The lowest BCUT2D eigenvalue weighted by Crippen LogP contribution is -2.18. The zero-order valence-corrected chi connectivity index (χ0v) is 9.96. The first kappa shape index (κ1) is 11.5. The van der Waals surface area contributed by atoms with Gasteiger partial charge in [0.25, 0.3) is 5.56 Å². The number of aromatic nitrogens is 2. The van der Waals surface area contributed by atoms with Gasteiger partial charge in [-0.05, 0) is 23.3 Å². The predicted molar refractivity (Wildman–Crippen MR) is 68.1 cm³/mol. The van der Waals surface area contributed by atoms with Crippen molar-refractivity contribution in [1.82, 2.24) is 9.97 Å². The Labute approximate surface area is 108 Å². The molecular weight excluding hydrogens is 246 g/mol. The molecule has 0 atom stereocenters. The Morgan fingerprint density at radius 2 is 2.05 bits per heavy atom. The first-order valence-corrected chi connectivity index (χ1v) is 5.78. The molecule has 1 aliphatic rings. The zero-order valence-electron chi connectivity index (χ0n) is 9.96. The molecule has 0 aliphatic carbocycles. The third-order valence-corrected chi connectivity index (χ3v) is 3.16. The SMILES string of the molecule is O=C(O)c1ccc2c(c1)CN(c1cc(=O)[nH]cn1)C2. The number of fused-ring (bicyclic) bond motifs is 1. The van der Waals surface area contributed by atoms with Gasteiger partial charge in [0, 0.05) is 19.2 Å². The third-order valence-electron chi connectivity index (χ3n) is 3.16. The van der Waals surface area contributed by atoms with Crippen molar-refractivity contribution in [1.29, 1.82) is 0 Å². The number of aromatic amines is 1. The molecule has 2 aromatic rings. The molecule has 0 fully saturated rings. The number of benzene rings is 1. The van der Waals surface area contributed by atoms with E-state index in [-0.39, 0.29) is 11.1 Å². The average Bonchev–Trinajstić information content (AvgIpc) is 2.81. The minimum absolute atomic E-state index is 0.202. The van der Waals surface area contributed by atoms with Crippen LogP contribution in [-0.4, -0.2) is 21.0 Å². The van der Waals surface area contributed by atoms with Crippen molar-refractivity contribution in [2.75, 3.05) is 4.90 Å². The lowest BCUT2D eigenvalue weighted by Gasteiger charge is -2.15. The standard InChI is InChI=1S/C13H11N3O3/c17-12-4-11(14-7-15-12)16-5-9-2-1-8(13(18)19)3-10(9)6-16/h1-4,7H,5-6H2,(H,18,19)(H,14,15,17). The Morgan fingerprint density at radius 1 is 1.26 bits per heavy atom. The van der Waals surface area contributed by atoms with E-state index in [1.165, 1.54) is 12.4 Å². The lowest BCUT2D eigenvalue weighted by atomic mass is 10.1. The monoisotopic (exact) mass is 257 g/mol.